The van der Waals surface area contributed by atoms with E-state index in [0.717, 1.165) is 33.9 Å². The van der Waals surface area contributed by atoms with Gasteiger partial charge in [0.2, 0.25) is 5.82 Å². The fraction of sp³-hybridized carbons (Fsp3) is 0.133. The summed E-state index contributed by atoms with van der Waals surface area (Å²) in [6, 6.07) is 9.63. The molecular formula is C15H11N3O2S. The summed E-state index contributed by atoms with van der Waals surface area (Å²) in [5.41, 5.74) is 2.45. The smallest absolute Gasteiger partial charge is 0.268 e. The van der Waals surface area contributed by atoms with Crippen LogP contribution in [0.5, 0.6) is 0 Å². The number of benzene rings is 1. The standard InChI is InChI=1S/C15H11N3O2S/c1-2-13-16-10-8-9(5-6-11(10)19-13)14-17-15(20-18-14)12-4-3-7-21-12/h3-8H,2H2,1H3. The van der Waals surface area contributed by atoms with Gasteiger partial charge in [0.05, 0.1) is 4.88 Å². The van der Waals surface area contributed by atoms with Gasteiger partial charge in [0, 0.05) is 12.0 Å². The van der Waals surface area contributed by atoms with Crippen LogP contribution in [0.15, 0.2) is 44.7 Å². The summed E-state index contributed by atoms with van der Waals surface area (Å²) in [6.45, 7) is 2.01. The lowest BCUT2D eigenvalue weighted by atomic mass is 10.2. The normalized spacial score (nSPS) is 11.3. The van der Waals surface area contributed by atoms with Crippen LogP contribution in [0.1, 0.15) is 12.8 Å². The third-order valence-corrected chi connectivity index (χ3v) is 4.01. The van der Waals surface area contributed by atoms with E-state index in [2.05, 4.69) is 15.1 Å². The molecule has 0 saturated carbocycles. The monoisotopic (exact) mass is 297 g/mol. The summed E-state index contributed by atoms with van der Waals surface area (Å²) < 4.78 is 10.9. The summed E-state index contributed by atoms with van der Waals surface area (Å²) in [5, 5.41) is 6.02. The van der Waals surface area contributed by atoms with Gasteiger partial charge >= 0.3 is 0 Å². The Hall–Kier alpha value is -2.47. The minimum atomic E-state index is 0.537. The summed E-state index contributed by atoms with van der Waals surface area (Å²) in [6.07, 6.45) is 0.773. The van der Waals surface area contributed by atoms with Crippen molar-refractivity contribution in [3.8, 4) is 22.2 Å². The van der Waals surface area contributed by atoms with Gasteiger partial charge in [-0.1, -0.05) is 18.1 Å². The number of thiophene rings is 1. The number of hydrogen-bond donors (Lipinski definition) is 0. The largest absolute Gasteiger partial charge is 0.441 e. The molecular weight excluding hydrogens is 286 g/mol. The molecule has 3 heterocycles. The van der Waals surface area contributed by atoms with Crippen LogP contribution in [-0.4, -0.2) is 15.1 Å². The molecule has 1 aromatic carbocycles. The van der Waals surface area contributed by atoms with Crippen LogP contribution < -0.4 is 0 Å². The number of rotatable bonds is 3. The first-order valence-electron chi connectivity index (χ1n) is 6.61. The molecule has 5 nitrogen and oxygen atoms in total. The molecule has 4 aromatic rings. The van der Waals surface area contributed by atoms with Crippen LogP contribution in [0.25, 0.3) is 33.3 Å². The topological polar surface area (TPSA) is 65.0 Å². The first kappa shape index (κ1) is 12.3. The summed E-state index contributed by atoms with van der Waals surface area (Å²) in [4.78, 5) is 9.82. The SMILES string of the molecule is CCc1nc2cc(-c3noc(-c4cccs4)n3)ccc2o1. The lowest BCUT2D eigenvalue weighted by Crippen LogP contribution is -1.81. The Kier molecular flexibility index (Phi) is 2.82. The zero-order chi connectivity index (χ0) is 14.2. The van der Waals surface area contributed by atoms with E-state index in [4.69, 9.17) is 8.94 Å². The minimum absolute atomic E-state index is 0.537. The fourth-order valence-corrected chi connectivity index (χ4v) is 2.75. The number of nitrogens with zero attached hydrogens (tertiary/aromatic N) is 3. The van der Waals surface area contributed by atoms with Crippen molar-refractivity contribution in [3.63, 3.8) is 0 Å². The lowest BCUT2D eigenvalue weighted by Gasteiger charge is -1.92. The highest BCUT2D eigenvalue weighted by atomic mass is 32.1. The highest BCUT2D eigenvalue weighted by Gasteiger charge is 2.13. The van der Waals surface area contributed by atoms with E-state index in [1.807, 2.05) is 42.6 Å². The van der Waals surface area contributed by atoms with Gasteiger partial charge in [-0.15, -0.1) is 11.3 Å². The van der Waals surface area contributed by atoms with Crippen molar-refractivity contribution >= 4 is 22.4 Å². The number of oxazole rings is 1. The average Bonchev–Trinajstić information content (AvgIpc) is 3.24. The molecule has 104 valence electrons. The van der Waals surface area contributed by atoms with Crippen molar-refractivity contribution in [3.05, 3.63) is 41.6 Å². The van der Waals surface area contributed by atoms with Crippen LogP contribution >= 0.6 is 11.3 Å². The molecule has 0 fully saturated rings. The second-order valence-corrected chi connectivity index (χ2v) is 5.49. The van der Waals surface area contributed by atoms with E-state index in [0.29, 0.717) is 11.7 Å². The lowest BCUT2D eigenvalue weighted by molar-refractivity contribution is 0.433. The number of aryl methyl sites for hydroxylation is 1. The van der Waals surface area contributed by atoms with Gasteiger partial charge in [-0.3, -0.25) is 0 Å². The second-order valence-electron chi connectivity index (χ2n) is 4.54. The van der Waals surface area contributed by atoms with Crippen LogP contribution in [0.4, 0.5) is 0 Å². The van der Waals surface area contributed by atoms with E-state index < -0.39 is 0 Å². The van der Waals surface area contributed by atoms with Gasteiger partial charge in [-0.25, -0.2) is 4.98 Å². The molecule has 0 saturated heterocycles. The van der Waals surface area contributed by atoms with Gasteiger partial charge < -0.3 is 8.94 Å². The van der Waals surface area contributed by atoms with Crippen molar-refractivity contribution in [1.82, 2.24) is 15.1 Å². The zero-order valence-corrected chi connectivity index (χ0v) is 12.1. The molecule has 6 heteroatoms. The molecule has 3 aromatic heterocycles. The summed E-state index contributed by atoms with van der Waals surface area (Å²) in [5.74, 6) is 1.82. The highest BCUT2D eigenvalue weighted by Crippen LogP contribution is 2.27. The quantitative estimate of drug-likeness (QED) is 0.568. The molecule has 0 aliphatic carbocycles. The third kappa shape index (κ3) is 2.13. The fourth-order valence-electron chi connectivity index (χ4n) is 2.11. The van der Waals surface area contributed by atoms with Crippen LogP contribution in [0, 0.1) is 0 Å². The average molecular weight is 297 g/mol. The molecule has 0 unspecified atom stereocenters. The van der Waals surface area contributed by atoms with Crippen molar-refractivity contribution in [2.24, 2.45) is 0 Å². The van der Waals surface area contributed by atoms with Crippen molar-refractivity contribution in [1.29, 1.82) is 0 Å². The van der Waals surface area contributed by atoms with Gasteiger partial charge in [-0.05, 0) is 29.6 Å². The van der Waals surface area contributed by atoms with Crippen LogP contribution in [0.2, 0.25) is 0 Å². The van der Waals surface area contributed by atoms with Gasteiger partial charge in [0.1, 0.15) is 5.52 Å². The maximum atomic E-state index is 5.60. The predicted molar refractivity (Wildman–Crippen MR) is 80.0 cm³/mol. The van der Waals surface area contributed by atoms with Crippen molar-refractivity contribution < 1.29 is 8.94 Å². The molecule has 0 amide bonds. The second kappa shape index (κ2) is 4.82. The molecule has 0 atom stereocenters. The van der Waals surface area contributed by atoms with E-state index in [1.54, 1.807) is 11.3 Å². The number of hydrogen-bond acceptors (Lipinski definition) is 6. The van der Waals surface area contributed by atoms with Gasteiger partial charge in [0.25, 0.3) is 5.89 Å². The van der Waals surface area contributed by atoms with Crippen LogP contribution in [0.3, 0.4) is 0 Å². The number of aromatic nitrogens is 3. The van der Waals surface area contributed by atoms with Crippen molar-refractivity contribution in [2.75, 3.05) is 0 Å². The summed E-state index contributed by atoms with van der Waals surface area (Å²) in [7, 11) is 0. The Labute approximate surface area is 124 Å². The van der Waals surface area contributed by atoms with Crippen molar-refractivity contribution in [2.45, 2.75) is 13.3 Å². The molecule has 0 aliphatic heterocycles. The Balaban J connectivity index is 1.76. The zero-order valence-electron chi connectivity index (χ0n) is 11.2. The Morgan fingerprint density at radius 3 is 2.95 bits per heavy atom. The van der Waals surface area contributed by atoms with E-state index in [9.17, 15) is 0 Å². The van der Waals surface area contributed by atoms with E-state index in [-0.39, 0.29) is 0 Å². The molecule has 21 heavy (non-hydrogen) atoms. The maximum absolute atomic E-state index is 5.60. The molecule has 0 aliphatic rings. The third-order valence-electron chi connectivity index (χ3n) is 3.15. The Morgan fingerprint density at radius 2 is 2.14 bits per heavy atom. The maximum Gasteiger partial charge on any atom is 0.268 e. The van der Waals surface area contributed by atoms with E-state index in [1.165, 1.54) is 0 Å². The van der Waals surface area contributed by atoms with E-state index >= 15 is 0 Å². The predicted octanol–water partition coefficient (Wildman–Crippen LogP) is 4.17. The van der Waals surface area contributed by atoms with Gasteiger partial charge in [0.15, 0.2) is 11.5 Å². The van der Waals surface area contributed by atoms with Gasteiger partial charge in [-0.2, -0.15) is 4.98 Å². The molecule has 0 N–H and O–H groups in total. The minimum Gasteiger partial charge on any atom is -0.441 e. The highest BCUT2D eigenvalue weighted by molar-refractivity contribution is 7.13. The first-order chi connectivity index (χ1) is 10.3. The molecule has 0 radical (unpaired) electrons. The van der Waals surface area contributed by atoms with Crippen LogP contribution in [-0.2, 0) is 6.42 Å². The first-order valence-corrected chi connectivity index (χ1v) is 7.49. The molecule has 0 bridgehead atoms. The number of fused-ring (bicyclic) bond motifs is 1. The molecule has 4 rings (SSSR count). The summed E-state index contributed by atoms with van der Waals surface area (Å²) >= 11 is 1.57. The Morgan fingerprint density at radius 1 is 1.19 bits per heavy atom. The molecule has 0 spiro atoms. The Bertz CT molecular complexity index is 893.